The van der Waals surface area contributed by atoms with Crippen LogP contribution in [0.3, 0.4) is 0 Å². The molecule has 1 saturated heterocycles. The molecule has 0 aliphatic carbocycles. The monoisotopic (exact) mass is 369 g/mol. The van der Waals surface area contributed by atoms with E-state index in [1.165, 1.54) is 24.3 Å². The highest BCUT2D eigenvalue weighted by atomic mass is 32.2. The van der Waals surface area contributed by atoms with Crippen molar-refractivity contribution < 1.29 is 22.7 Å². The minimum atomic E-state index is -3.88. The number of nitrogens with zero attached hydrogens (tertiary/aromatic N) is 1. The minimum absolute atomic E-state index is 0.0628. The molecule has 0 amide bonds. The van der Waals surface area contributed by atoms with Gasteiger partial charge in [-0.25, -0.2) is 8.42 Å². The van der Waals surface area contributed by atoms with Crippen molar-refractivity contribution in [1.29, 1.82) is 0 Å². The van der Waals surface area contributed by atoms with Crippen LogP contribution >= 0.6 is 12.6 Å². The summed E-state index contributed by atoms with van der Waals surface area (Å²) < 4.78 is 37.8. The van der Waals surface area contributed by atoms with Gasteiger partial charge in [0.15, 0.2) is 0 Å². The highest BCUT2D eigenvalue weighted by Crippen LogP contribution is 2.31. The van der Waals surface area contributed by atoms with E-state index in [1.807, 2.05) is 0 Å². The zero-order valence-corrected chi connectivity index (χ0v) is 15.1. The fraction of sp³-hybridized carbons (Fsp3) is 0.438. The van der Waals surface area contributed by atoms with Crippen LogP contribution in [-0.4, -0.2) is 49.2 Å². The van der Waals surface area contributed by atoms with E-state index in [-0.39, 0.29) is 24.7 Å². The summed E-state index contributed by atoms with van der Waals surface area (Å²) >= 11 is 3.85. The fourth-order valence-electron chi connectivity index (χ4n) is 2.60. The standard InChI is InChI=1S/C16H19NO5S2/c1-4-10-21-12-5-7-13(8-6-12)24(19,20)17-9-11-22-16(2,3)14(17)15(18)23/h1,5-8,14H,9-11H2,2-3H3,(H,18,23)/t14-/m1/s1. The number of benzene rings is 1. The van der Waals surface area contributed by atoms with Crippen molar-refractivity contribution in [3.05, 3.63) is 24.3 Å². The summed E-state index contributed by atoms with van der Waals surface area (Å²) in [7, 11) is -3.88. The highest BCUT2D eigenvalue weighted by Gasteiger charge is 2.47. The molecule has 1 aliphatic heterocycles. The normalized spacial score (nSPS) is 21.0. The average Bonchev–Trinajstić information content (AvgIpc) is 2.51. The summed E-state index contributed by atoms with van der Waals surface area (Å²) in [6.45, 7) is 3.72. The molecule has 0 unspecified atom stereocenters. The first kappa shape index (κ1) is 18.8. The first-order valence-electron chi connectivity index (χ1n) is 7.25. The number of morpholine rings is 1. The van der Waals surface area contributed by atoms with E-state index >= 15 is 0 Å². The minimum Gasteiger partial charge on any atom is -0.481 e. The van der Waals surface area contributed by atoms with Crippen LogP contribution in [0.4, 0.5) is 0 Å². The SMILES string of the molecule is C#CCOc1ccc(S(=O)(=O)N2CCOC(C)(C)[C@H]2C(=O)S)cc1. The van der Waals surface area contributed by atoms with Crippen molar-refractivity contribution >= 4 is 27.8 Å². The van der Waals surface area contributed by atoms with Crippen LogP contribution in [0.2, 0.25) is 0 Å². The number of ether oxygens (including phenoxy) is 2. The second-order valence-corrected chi connectivity index (χ2v) is 8.10. The number of thiol groups is 1. The Morgan fingerprint density at radius 3 is 2.62 bits per heavy atom. The van der Waals surface area contributed by atoms with Crippen LogP contribution < -0.4 is 4.74 Å². The van der Waals surface area contributed by atoms with E-state index in [9.17, 15) is 13.2 Å². The van der Waals surface area contributed by atoms with Gasteiger partial charge in [-0.3, -0.25) is 4.79 Å². The number of rotatable bonds is 5. The number of hydrogen-bond acceptors (Lipinski definition) is 5. The van der Waals surface area contributed by atoms with Crippen LogP contribution in [-0.2, 0) is 19.6 Å². The van der Waals surface area contributed by atoms with Gasteiger partial charge in [0.25, 0.3) is 0 Å². The third kappa shape index (κ3) is 3.75. The lowest BCUT2D eigenvalue weighted by molar-refractivity contribution is -0.136. The summed E-state index contributed by atoms with van der Waals surface area (Å²) in [5, 5.41) is -0.558. The molecule has 1 heterocycles. The number of carbonyl (C=O) groups is 1. The van der Waals surface area contributed by atoms with Gasteiger partial charge in [0.05, 0.1) is 17.1 Å². The molecule has 1 aliphatic rings. The van der Waals surface area contributed by atoms with Gasteiger partial charge in [-0.1, -0.05) is 5.92 Å². The van der Waals surface area contributed by atoms with E-state index in [0.717, 1.165) is 4.31 Å². The Hall–Kier alpha value is -1.53. The Kier molecular flexibility index (Phi) is 5.60. The molecule has 1 aromatic rings. The molecule has 130 valence electrons. The maximum absolute atomic E-state index is 12.9. The Balaban J connectivity index is 2.34. The van der Waals surface area contributed by atoms with Gasteiger partial charge in [0.1, 0.15) is 18.4 Å². The van der Waals surface area contributed by atoms with Crippen molar-refractivity contribution in [2.75, 3.05) is 19.8 Å². The van der Waals surface area contributed by atoms with E-state index in [1.54, 1.807) is 13.8 Å². The van der Waals surface area contributed by atoms with Gasteiger partial charge in [0, 0.05) is 6.54 Å². The first-order valence-corrected chi connectivity index (χ1v) is 9.14. The smallest absolute Gasteiger partial charge is 0.243 e. The first-order chi connectivity index (χ1) is 11.2. The molecule has 8 heteroatoms. The molecule has 0 spiro atoms. The molecule has 0 aromatic heterocycles. The molecule has 6 nitrogen and oxygen atoms in total. The van der Waals surface area contributed by atoms with Crippen molar-refractivity contribution in [3.8, 4) is 18.1 Å². The third-order valence-corrected chi connectivity index (χ3v) is 5.84. The summed E-state index contributed by atoms with van der Waals surface area (Å²) in [4.78, 5) is 12.0. The van der Waals surface area contributed by atoms with Crippen molar-refractivity contribution in [2.24, 2.45) is 0 Å². The average molecular weight is 369 g/mol. The molecule has 0 saturated carbocycles. The number of hydrogen-bond donors (Lipinski definition) is 1. The molecular formula is C16H19NO5S2. The van der Waals surface area contributed by atoms with Gasteiger partial charge in [0.2, 0.25) is 15.1 Å². The zero-order valence-electron chi connectivity index (χ0n) is 13.4. The molecular weight excluding hydrogens is 350 g/mol. The number of sulfonamides is 1. The lowest BCUT2D eigenvalue weighted by atomic mass is 9.98. The highest BCUT2D eigenvalue weighted by molar-refractivity contribution is 7.97. The van der Waals surface area contributed by atoms with E-state index in [2.05, 4.69) is 18.5 Å². The van der Waals surface area contributed by atoms with Gasteiger partial charge in [-0.15, -0.1) is 19.1 Å². The van der Waals surface area contributed by atoms with E-state index in [4.69, 9.17) is 15.9 Å². The molecule has 1 atom stereocenters. The second kappa shape index (κ2) is 7.15. The largest absolute Gasteiger partial charge is 0.481 e. The maximum atomic E-state index is 12.9. The van der Waals surface area contributed by atoms with Crippen molar-refractivity contribution in [2.45, 2.75) is 30.4 Å². The molecule has 2 rings (SSSR count). The summed E-state index contributed by atoms with van der Waals surface area (Å²) in [6, 6.07) is 4.88. The lowest BCUT2D eigenvalue weighted by Crippen LogP contribution is -2.61. The molecule has 24 heavy (non-hydrogen) atoms. The predicted molar refractivity (Wildman–Crippen MR) is 92.5 cm³/mol. The maximum Gasteiger partial charge on any atom is 0.243 e. The van der Waals surface area contributed by atoms with E-state index < -0.39 is 26.8 Å². The zero-order chi connectivity index (χ0) is 18.0. The number of carbonyl (C=O) groups excluding carboxylic acids is 1. The molecule has 0 radical (unpaired) electrons. The predicted octanol–water partition coefficient (Wildman–Crippen LogP) is 1.32. The van der Waals surface area contributed by atoms with E-state index in [0.29, 0.717) is 5.75 Å². The number of terminal acetylenes is 1. The Labute approximate surface area is 147 Å². The van der Waals surface area contributed by atoms with Crippen LogP contribution in [0.1, 0.15) is 13.8 Å². The van der Waals surface area contributed by atoms with Crippen LogP contribution in [0.15, 0.2) is 29.2 Å². The Bertz CT molecular complexity index is 750. The Morgan fingerprint density at radius 1 is 1.46 bits per heavy atom. The molecule has 1 aromatic carbocycles. The van der Waals surface area contributed by atoms with Gasteiger partial charge < -0.3 is 9.47 Å². The van der Waals surface area contributed by atoms with Gasteiger partial charge >= 0.3 is 0 Å². The van der Waals surface area contributed by atoms with Crippen LogP contribution in [0, 0.1) is 12.3 Å². The van der Waals surface area contributed by atoms with Crippen LogP contribution in [0.25, 0.3) is 0 Å². The lowest BCUT2D eigenvalue weighted by Gasteiger charge is -2.43. The molecule has 0 bridgehead atoms. The van der Waals surface area contributed by atoms with Gasteiger partial charge in [-0.05, 0) is 38.1 Å². The second-order valence-electron chi connectivity index (χ2n) is 5.77. The Morgan fingerprint density at radius 2 is 2.08 bits per heavy atom. The summed E-state index contributed by atoms with van der Waals surface area (Å²) in [6.07, 6.45) is 5.11. The van der Waals surface area contributed by atoms with Crippen molar-refractivity contribution in [3.63, 3.8) is 0 Å². The van der Waals surface area contributed by atoms with Crippen molar-refractivity contribution in [1.82, 2.24) is 4.31 Å². The third-order valence-electron chi connectivity index (χ3n) is 3.72. The molecule has 0 N–H and O–H groups in total. The summed E-state index contributed by atoms with van der Waals surface area (Å²) in [5.41, 5.74) is -0.958. The molecule has 1 fully saturated rings. The van der Waals surface area contributed by atoms with Crippen LogP contribution in [0.5, 0.6) is 5.75 Å². The fourth-order valence-corrected chi connectivity index (χ4v) is 4.82. The summed E-state index contributed by atoms with van der Waals surface area (Å²) in [5.74, 6) is 2.80. The topological polar surface area (TPSA) is 72.9 Å². The van der Waals surface area contributed by atoms with Gasteiger partial charge in [-0.2, -0.15) is 4.31 Å². The quantitative estimate of drug-likeness (QED) is 0.626.